The molecule has 0 aromatic heterocycles. The number of aliphatic hydroxyl groups is 1. The molecule has 1 N–H and O–H groups in total. The Morgan fingerprint density at radius 1 is 1.05 bits per heavy atom. The second-order valence-electron chi connectivity index (χ2n) is 7.20. The van der Waals surface area contributed by atoms with Crippen LogP contribution in [0.5, 0.6) is 0 Å². The Kier molecular flexibility index (Phi) is 9.73. The molecule has 1 saturated heterocycles. The number of rotatable bonds is 11. The van der Waals surface area contributed by atoms with E-state index in [1.165, 1.54) is 58.7 Å². The number of methoxy groups -OCH3 is 1. The molecule has 0 aromatic carbocycles. The fourth-order valence-electron chi connectivity index (χ4n) is 3.52. The smallest absolute Gasteiger partial charge is 0.305 e. The van der Waals surface area contributed by atoms with E-state index in [-0.39, 0.29) is 12.1 Å². The number of esters is 1. The van der Waals surface area contributed by atoms with Crippen LogP contribution in [0.2, 0.25) is 0 Å². The molecule has 22 heavy (non-hydrogen) atoms. The third kappa shape index (κ3) is 8.74. The number of ether oxygens (including phenoxy) is 1. The van der Waals surface area contributed by atoms with Crippen LogP contribution in [0.25, 0.3) is 0 Å². The minimum atomic E-state index is -0.137. The highest BCUT2D eigenvalue weighted by Gasteiger charge is 2.27. The van der Waals surface area contributed by atoms with E-state index in [2.05, 4.69) is 11.8 Å². The van der Waals surface area contributed by atoms with Crippen LogP contribution >= 0.6 is 0 Å². The molecule has 1 aliphatic heterocycles. The zero-order chi connectivity index (χ0) is 16.3. The minimum absolute atomic E-state index is 0.0996. The summed E-state index contributed by atoms with van der Waals surface area (Å²) in [4.78, 5) is 11.0. The number of carbonyl (C=O) groups is 1. The lowest BCUT2D eigenvalue weighted by molar-refractivity contribution is -0.916. The summed E-state index contributed by atoms with van der Waals surface area (Å²) < 4.78 is 5.69. The van der Waals surface area contributed by atoms with Crippen molar-refractivity contribution in [2.45, 2.75) is 76.7 Å². The molecule has 4 nitrogen and oxygen atoms in total. The van der Waals surface area contributed by atoms with Gasteiger partial charge in [-0.25, -0.2) is 0 Å². The molecule has 0 bridgehead atoms. The minimum Gasteiger partial charge on any atom is -0.469 e. The van der Waals surface area contributed by atoms with Gasteiger partial charge in [0.15, 0.2) is 0 Å². The van der Waals surface area contributed by atoms with Gasteiger partial charge in [0.05, 0.1) is 27.2 Å². The highest BCUT2D eigenvalue weighted by Crippen LogP contribution is 2.18. The Labute approximate surface area is 136 Å². The van der Waals surface area contributed by atoms with Crippen LogP contribution in [-0.4, -0.2) is 55.5 Å². The quantitative estimate of drug-likeness (QED) is 0.362. The van der Waals surface area contributed by atoms with Gasteiger partial charge >= 0.3 is 5.97 Å². The zero-order valence-corrected chi connectivity index (χ0v) is 14.7. The number of aliphatic hydroxyl groups excluding tert-OH is 1. The number of hydrogen-bond acceptors (Lipinski definition) is 3. The topological polar surface area (TPSA) is 46.5 Å². The van der Waals surface area contributed by atoms with Gasteiger partial charge < -0.3 is 14.3 Å². The van der Waals surface area contributed by atoms with E-state index in [0.717, 1.165) is 36.7 Å². The van der Waals surface area contributed by atoms with Crippen molar-refractivity contribution in [3.05, 3.63) is 0 Å². The molecule has 0 radical (unpaired) electrons. The molecule has 4 heteroatoms. The summed E-state index contributed by atoms with van der Waals surface area (Å²) in [5, 5.41) is 10.2. The number of hydrogen-bond donors (Lipinski definition) is 1. The van der Waals surface area contributed by atoms with Crippen molar-refractivity contribution in [3.63, 3.8) is 0 Å². The predicted octanol–water partition coefficient (Wildman–Crippen LogP) is 3.27. The van der Waals surface area contributed by atoms with Gasteiger partial charge in [-0.1, -0.05) is 32.1 Å². The Balaban J connectivity index is 1.94. The summed E-state index contributed by atoms with van der Waals surface area (Å²) in [6.45, 7) is 3.40. The molecule has 1 fully saturated rings. The first-order chi connectivity index (χ1) is 10.6. The first-order valence-electron chi connectivity index (χ1n) is 9.14. The van der Waals surface area contributed by atoms with Crippen molar-refractivity contribution in [1.29, 1.82) is 0 Å². The Morgan fingerprint density at radius 2 is 1.64 bits per heavy atom. The Hall–Kier alpha value is -0.610. The monoisotopic (exact) mass is 314 g/mol. The molecule has 0 spiro atoms. The van der Waals surface area contributed by atoms with Crippen molar-refractivity contribution < 1.29 is 19.1 Å². The van der Waals surface area contributed by atoms with Crippen LogP contribution < -0.4 is 0 Å². The van der Waals surface area contributed by atoms with Gasteiger partial charge in [0.1, 0.15) is 12.6 Å². The van der Waals surface area contributed by atoms with Crippen molar-refractivity contribution in [2.24, 2.45) is 0 Å². The molecule has 0 unspecified atom stereocenters. The van der Waals surface area contributed by atoms with Gasteiger partial charge in [-0.3, -0.25) is 4.79 Å². The van der Waals surface area contributed by atoms with Gasteiger partial charge in [-0.15, -0.1) is 0 Å². The number of likely N-dealkylation sites (N-methyl/N-ethyl adjacent to an activating group) is 1. The van der Waals surface area contributed by atoms with Crippen LogP contribution in [0, 0.1) is 0 Å². The summed E-state index contributed by atoms with van der Waals surface area (Å²) in [5.41, 5.74) is 0. The van der Waals surface area contributed by atoms with Gasteiger partial charge in [-0.2, -0.15) is 0 Å². The normalized spacial score (nSPS) is 18.9. The largest absolute Gasteiger partial charge is 0.469 e. The SMILES string of the molecule is COC(=O)CCCCCCCC[C@H](O)C[N+]1(C)CCCCC1. The summed E-state index contributed by atoms with van der Waals surface area (Å²) in [6, 6.07) is 0. The zero-order valence-electron chi connectivity index (χ0n) is 14.7. The van der Waals surface area contributed by atoms with Crippen LogP contribution in [-0.2, 0) is 9.53 Å². The van der Waals surface area contributed by atoms with Crippen molar-refractivity contribution in [2.75, 3.05) is 33.8 Å². The van der Waals surface area contributed by atoms with Crippen LogP contribution in [0.15, 0.2) is 0 Å². The second-order valence-corrected chi connectivity index (χ2v) is 7.20. The molecule has 130 valence electrons. The lowest BCUT2D eigenvalue weighted by atomic mass is 10.0. The summed E-state index contributed by atoms with van der Waals surface area (Å²) in [6.07, 6.45) is 12.1. The van der Waals surface area contributed by atoms with Gasteiger partial charge in [0, 0.05) is 6.42 Å². The Bertz CT molecular complexity index is 301. The number of carbonyl (C=O) groups excluding carboxylic acids is 1. The fraction of sp³-hybridized carbons (Fsp3) is 0.944. The molecule has 0 aromatic rings. The fourth-order valence-corrected chi connectivity index (χ4v) is 3.52. The summed E-state index contributed by atoms with van der Waals surface area (Å²) >= 11 is 0. The van der Waals surface area contributed by atoms with E-state index in [0.29, 0.717) is 6.42 Å². The highest BCUT2D eigenvalue weighted by atomic mass is 16.5. The molecule has 1 atom stereocenters. The first-order valence-corrected chi connectivity index (χ1v) is 9.14. The molecule has 1 rings (SSSR count). The maximum absolute atomic E-state index is 11.0. The van der Waals surface area contributed by atoms with E-state index in [9.17, 15) is 9.90 Å². The number of likely N-dealkylation sites (tertiary alicyclic amines) is 1. The molecule has 0 aliphatic carbocycles. The molecular weight excluding hydrogens is 278 g/mol. The van der Waals surface area contributed by atoms with Crippen LogP contribution in [0.3, 0.4) is 0 Å². The van der Waals surface area contributed by atoms with Gasteiger partial charge in [0.25, 0.3) is 0 Å². The third-order valence-electron chi connectivity index (χ3n) is 4.94. The summed E-state index contributed by atoms with van der Waals surface area (Å²) in [7, 11) is 3.74. The number of quaternary nitrogens is 1. The maximum atomic E-state index is 11.0. The van der Waals surface area contributed by atoms with Crippen molar-refractivity contribution in [1.82, 2.24) is 0 Å². The van der Waals surface area contributed by atoms with Crippen molar-refractivity contribution >= 4 is 5.97 Å². The maximum Gasteiger partial charge on any atom is 0.305 e. The lowest BCUT2D eigenvalue weighted by Crippen LogP contribution is -2.51. The third-order valence-corrected chi connectivity index (χ3v) is 4.94. The number of unbranched alkanes of at least 4 members (excludes halogenated alkanes) is 5. The van der Waals surface area contributed by atoms with E-state index in [1.807, 2.05) is 0 Å². The number of nitrogens with zero attached hydrogens (tertiary/aromatic N) is 1. The van der Waals surface area contributed by atoms with E-state index >= 15 is 0 Å². The molecule has 1 heterocycles. The average molecular weight is 314 g/mol. The van der Waals surface area contributed by atoms with Gasteiger partial charge in [-0.05, 0) is 32.1 Å². The highest BCUT2D eigenvalue weighted by molar-refractivity contribution is 5.68. The van der Waals surface area contributed by atoms with Crippen molar-refractivity contribution in [3.8, 4) is 0 Å². The van der Waals surface area contributed by atoms with Crippen LogP contribution in [0.1, 0.15) is 70.6 Å². The lowest BCUT2D eigenvalue weighted by Gasteiger charge is -2.39. The first kappa shape index (κ1) is 19.4. The molecule has 1 aliphatic rings. The molecule has 0 saturated carbocycles. The van der Waals surface area contributed by atoms with Gasteiger partial charge in [0.2, 0.25) is 0 Å². The van der Waals surface area contributed by atoms with E-state index in [1.54, 1.807) is 0 Å². The summed E-state index contributed by atoms with van der Waals surface area (Å²) in [5.74, 6) is -0.0996. The van der Waals surface area contributed by atoms with E-state index in [4.69, 9.17) is 0 Å². The molecule has 0 amide bonds. The van der Waals surface area contributed by atoms with E-state index < -0.39 is 0 Å². The number of piperidine rings is 1. The second kappa shape index (κ2) is 11.0. The average Bonchev–Trinajstić information content (AvgIpc) is 2.49. The Morgan fingerprint density at radius 3 is 2.27 bits per heavy atom. The standard InChI is InChI=1S/C18H36NO3/c1-19(14-10-7-11-15-19)16-17(20)12-8-5-3-4-6-9-13-18(21)22-2/h17,20H,3-16H2,1-2H3/q+1/t17-/m0/s1. The molecular formula is C18H36NO3+. The predicted molar refractivity (Wildman–Crippen MR) is 89.6 cm³/mol. The van der Waals surface area contributed by atoms with Crippen LogP contribution in [0.4, 0.5) is 0 Å².